The summed E-state index contributed by atoms with van der Waals surface area (Å²) in [7, 11) is -3.28. The quantitative estimate of drug-likeness (QED) is 0.126. The molecule has 0 amide bonds. The molecule has 33 heavy (non-hydrogen) atoms. The van der Waals surface area contributed by atoms with Crippen molar-refractivity contribution in [2.24, 2.45) is 10.5 Å². The molecular weight excluding hydrogens is 438 g/mol. The van der Waals surface area contributed by atoms with Crippen LogP contribution in [0.25, 0.3) is 16.5 Å². The Labute approximate surface area is 203 Å². The van der Waals surface area contributed by atoms with Gasteiger partial charge in [0.2, 0.25) is 0 Å². The first-order chi connectivity index (χ1) is 15.1. The van der Waals surface area contributed by atoms with Gasteiger partial charge in [-0.05, 0) is 70.7 Å². The smallest absolute Gasteiger partial charge is 0.192 e. The van der Waals surface area contributed by atoms with Crippen LogP contribution in [0.5, 0.6) is 0 Å². The number of allylic oxidation sites excluding steroid dienone is 2. The summed E-state index contributed by atoms with van der Waals surface area (Å²) in [5, 5.41) is 4.02. The first-order valence-electron chi connectivity index (χ1n) is 12.0. The van der Waals surface area contributed by atoms with Gasteiger partial charge in [-0.2, -0.15) is 0 Å². The van der Waals surface area contributed by atoms with Crippen LogP contribution in [0, 0.1) is 5.41 Å². The molecule has 0 saturated heterocycles. The van der Waals surface area contributed by atoms with E-state index in [1.807, 2.05) is 30.3 Å². The summed E-state index contributed by atoms with van der Waals surface area (Å²) in [6.07, 6.45) is 6.65. The molecule has 0 aliphatic heterocycles. The SMILES string of the molecule is CC1(C)CCC(C(=C=Cc2ccccc2N=[N+]=[N-])C[Si](C)(C)C)=CC1O[Si](C)(C)C(C)(C)C. The molecule has 0 bridgehead atoms. The summed E-state index contributed by atoms with van der Waals surface area (Å²) in [5.41, 5.74) is 16.8. The number of rotatable bonds is 7. The Balaban J connectivity index is 2.56. The molecular formula is C27H43N3OSi2. The third-order valence-corrected chi connectivity index (χ3v) is 12.8. The molecule has 4 nitrogen and oxygen atoms in total. The van der Waals surface area contributed by atoms with Gasteiger partial charge in [-0.3, -0.25) is 0 Å². The second-order valence-corrected chi connectivity index (χ2v) is 23.0. The second-order valence-electron chi connectivity index (χ2n) is 12.7. The molecule has 1 atom stereocenters. The van der Waals surface area contributed by atoms with E-state index in [9.17, 15) is 0 Å². The Bertz CT molecular complexity index is 997. The fourth-order valence-corrected chi connectivity index (χ4v) is 6.50. The number of hydrogen-bond donors (Lipinski definition) is 0. The Hall–Kier alpha value is -1.82. The van der Waals surface area contributed by atoms with Gasteiger partial charge in [0.25, 0.3) is 0 Å². The zero-order valence-corrected chi connectivity index (χ0v) is 24.4. The van der Waals surface area contributed by atoms with E-state index in [1.54, 1.807) is 0 Å². The molecule has 180 valence electrons. The van der Waals surface area contributed by atoms with E-state index in [0.717, 1.165) is 24.4 Å². The van der Waals surface area contributed by atoms with Crippen molar-refractivity contribution in [3.63, 3.8) is 0 Å². The van der Waals surface area contributed by atoms with Crippen LogP contribution in [0.1, 0.15) is 53.0 Å². The van der Waals surface area contributed by atoms with Gasteiger partial charge in [-0.15, -0.1) is 5.73 Å². The van der Waals surface area contributed by atoms with Crippen molar-refractivity contribution in [1.82, 2.24) is 0 Å². The third kappa shape index (κ3) is 7.60. The fraction of sp³-hybridized carbons (Fsp3) is 0.593. The van der Waals surface area contributed by atoms with Crippen molar-refractivity contribution in [3.05, 3.63) is 63.2 Å². The Morgan fingerprint density at radius 1 is 1.21 bits per heavy atom. The van der Waals surface area contributed by atoms with Crippen LogP contribution in [0.4, 0.5) is 5.69 Å². The fourth-order valence-electron chi connectivity index (χ4n) is 3.73. The van der Waals surface area contributed by atoms with E-state index < -0.39 is 16.4 Å². The van der Waals surface area contributed by atoms with Gasteiger partial charge >= 0.3 is 0 Å². The summed E-state index contributed by atoms with van der Waals surface area (Å²) in [4.78, 5) is 2.98. The number of nitrogens with zero attached hydrogens (tertiary/aromatic N) is 3. The Morgan fingerprint density at radius 3 is 2.42 bits per heavy atom. The molecule has 6 heteroatoms. The largest absolute Gasteiger partial charge is 0.410 e. The third-order valence-electron chi connectivity index (χ3n) is 6.98. The molecule has 0 saturated carbocycles. The lowest BCUT2D eigenvalue weighted by molar-refractivity contribution is 0.0842. The standard InChI is InChI=1S/C27H43N3OSi2/c1-26(2,3)33(9,10)31-25-19-22(17-18-27(25,4)5)23(20-32(6,7)8)16-15-21-13-11-12-14-24(21)29-30-28/h11-15,19,25H,17-18,20H2,1-10H3. The summed E-state index contributed by atoms with van der Waals surface area (Å²) in [5.74, 6) is 0. The van der Waals surface area contributed by atoms with Gasteiger partial charge in [-0.25, -0.2) is 0 Å². The summed E-state index contributed by atoms with van der Waals surface area (Å²) in [6, 6.07) is 8.74. The highest BCUT2D eigenvalue weighted by Gasteiger charge is 2.43. The van der Waals surface area contributed by atoms with Crippen LogP contribution in [-0.2, 0) is 4.43 Å². The number of hydrogen-bond acceptors (Lipinski definition) is 2. The average Bonchev–Trinajstić information content (AvgIpc) is 2.66. The molecule has 0 fully saturated rings. The Kier molecular flexibility index (Phi) is 8.48. The van der Waals surface area contributed by atoms with Crippen molar-refractivity contribution in [2.75, 3.05) is 0 Å². The van der Waals surface area contributed by atoms with Gasteiger partial charge < -0.3 is 4.43 Å². The maximum absolute atomic E-state index is 8.91. The highest BCUT2D eigenvalue weighted by Crippen LogP contribution is 2.45. The van der Waals surface area contributed by atoms with E-state index in [-0.39, 0.29) is 16.6 Å². The highest BCUT2D eigenvalue weighted by molar-refractivity contribution is 6.76. The molecule has 0 N–H and O–H groups in total. The van der Waals surface area contributed by atoms with E-state index in [4.69, 9.17) is 9.96 Å². The topological polar surface area (TPSA) is 58.0 Å². The molecule has 1 aliphatic carbocycles. The van der Waals surface area contributed by atoms with Gasteiger partial charge in [0.05, 0.1) is 6.10 Å². The summed E-state index contributed by atoms with van der Waals surface area (Å²) in [6.45, 7) is 23.5. The van der Waals surface area contributed by atoms with Crippen LogP contribution in [0.3, 0.4) is 0 Å². The molecule has 0 spiro atoms. The zero-order chi connectivity index (χ0) is 25.1. The molecule has 0 heterocycles. The minimum absolute atomic E-state index is 0.107. The van der Waals surface area contributed by atoms with Gasteiger partial charge in [0.1, 0.15) is 0 Å². The average molecular weight is 482 g/mol. The molecule has 0 aromatic heterocycles. The van der Waals surface area contributed by atoms with Crippen LogP contribution in [-0.4, -0.2) is 22.5 Å². The second kappa shape index (κ2) is 10.2. The predicted molar refractivity (Wildman–Crippen MR) is 148 cm³/mol. The minimum atomic E-state index is -1.90. The van der Waals surface area contributed by atoms with Gasteiger partial charge in [0, 0.05) is 18.7 Å². The van der Waals surface area contributed by atoms with Gasteiger partial charge in [0.15, 0.2) is 8.32 Å². The lowest BCUT2D eigenvalue weighted by Crippen LogP contribution is -2.48. The first kappa shape index (κ1) is 27.4. The molecule has 0 radical (unpaired) electrons. The maximum atomic E-state index is 8.91. The van der Waals surface area contributed by atoms with E-state index in [0.29, 0.717) is 5.69 Å². The first-order valence-corrected chi connectivity index (χ1v) is 18.7. The van der Waals surface area contributed by atoms with Crippen molar-refractivity contribution in [1.29, 1.82) is 0 Å². The molecule has 2 rings (SSSR count). The van der Waals surface area contributed by atoms with Crippen LogP contribution in [0.15, 0.2) is 52.3 Å². The normalized spacial score (nSPS) is 18.6. The number of benzene rings is 1. The maximum Gasteiger partial charge on any atom is 0.192 e. The lowest BCUT2D eigenvalue weighted by Gasteiger charge is -2.45. The Morgan fingerprint density at radius 2 is 1.85 bits per heavy atom. The van der Waals surface area contributed by atoms with Crippen molar-refractivity contribution in [3.8, 4) is 0 Å². The van der Waals surface area contributed by atoms with Gasteiger partial charge in [-0.1, -0.05) is 89.7 Å². The van der Waals surface area contributed by atoms with Crippen molar-refractivity contribution in [2.45, 2.75) is 97.4 Å². The lowest BCUT2D eigenvalue weighted by atomic mass is 9.75. The summed E-state index contributed by atoms with van der Waals surface area (Å²) >= 11 is 0. The van der Waals surface area contributed by atoms with E-state index in [2.05, 4.69) is 89.2 Å². The molecule has 1 aliphatic rings. The van der Waals surface area contributed by atoms with Crippen LogP contribution in [0.2, 0.25) is 43.8 Å². The molecule has 1 aromatic carbocycles. The molecule has 1 aromatic rings. The highest BCUT2D eigenvalue weighted by atomic mass is 28.4. The minimum Gasteiger partial charge on any atom is -0.410 e. The van der Waals surface area contributed by atoms with Crippen LogP contribution < -0.4 is 0 Å². The zero-order valence-electron chi connectivity index (χ0n) is 22.4. The van der Waals surface area contributed by atoms with E-state index in [1.165, 1.54) is 11.1 Å². The van der Waals surface area contributed by atoms with Crippen molar-refractivity contribution >= 4 is 28.2 Å². The monoisotopic (exact) mass is 481 g/mol. The summed E-state index contributed by atoms with van der Waals surface area (Å²) < 4.78 is 6.95. The number of azide groups is 1. The van der Waals surface area contributed by atoms with E-state index >= 15 is 0 Å². The molecule has 1 unspecified atom stereocenters. The predicted octanol–water partition coefficient (Wildman–Crippen LogP) is 9.64. The van der Waals surface area contributed by atoms with Crippen LogP contribution >= 0.6 is 0 Å². The van der Waals surface area contributed by atoms with Crippen molar-refractivity contribution < 1.29 is 4.43 Å².